The van der Waals surface area contributed by atoms with Gasteiger partial charge in [0.25, 0.3) is 0 Å². The maximum atomic E-state index is 13.3. The maximum absolute atomic E-state index is 13.3. The molecule has 2 aromatic carbocycles. The average Bonchev–Trinajstić information content (AvgIpc) is 2.98. The zero-order valence-corrected chi connectivity index (χ0v) is 27.5. The molecule has 0 saturated carbocycles. The van der Waals surface area contributed by atoms with Crippen LogP contribution in [0.15, 0.2) is 127 Å². The minimum atomic E-state index is -4.36. The van der Waals surface area contributed by atoms with Crippen molar-refractivity contribution in [3.05, 3.63) is 138 Å². The van der Waals surface area contributed by atoms with Crippen molar-refractivity contribution in [2.45, 2.75) is 53.6 Å². The molecule has 0 spiro atoms. The van der Waals surface area contributed by atoms with E-state index in [1.54, 1.807) is 6.07 Å². The Balaban J connectivity index is 1.82. The first-order valence-electron chi connectivity index (χ1n) is 15.4. The van der Waals surface area contributed by atoms with Gasteiger partial charge in [0.1, 0.15) is 0 Å². The molecule has 1 N–H and O–H groups in total. The second-order valence-corrected chi connectivity index (χ2v) is 12.7. The standard InChI is InChI=1S/C39H48F3N3/c1-10-13-33(38(7,8)9)15-11-14-29(4)26-37(32-18-20-35(21-19-32)43-28(2)3)30(5)31(6)44-22-24-45(25-23-44)36-17-12-16-34(27-36)39(40,41)42/h10-13,15-21,27,43H,1-2,4,6,14,22-26H2,3,5,7-9H3/b15-11-,33-13+,37-30-. The number of nitrogens with one attached hydrogen (secondary N) is 1. The summed E-state index contributed by atoms with van der Waals surface area (Å²) in [6, 6.07) is 13.9. The van der Waals surface area contributed by atoms with Crippen LogP contribution in [0.1, 0.15) is 58.6 Å². The van der Waals surface area contributed by atoms with Gasteiger partial charge in [0.15, 0.2) is 0 Å². The van der Waals surface area contributed by atoms with Crippen LogP contribution in [0.3, 0.4) is 0 Å². The molecule has 0 unspecified atom stereocenters. The molecule has 6 heteroatoms. The molecule has 0 radical (unpaired) electrons. The first-order valence-corrected chi connectivity index (χ1v) is 15.4. The van der Waals surface area contributed by atoms with E-state index in [-0.39, 0.29) is 5.41 Å². The Labute approximate surface area is 268 Å². The van der Waals surface area contributed by atoms with E-state index in [9.17, 15) is 13.2 Å². The Hall–Kier alpha value is -4.19. The van der Waals surface area contributed by atoms with Crippen molar-refractivity contribution in [1.29, 1.82) is 0 Å². The van der Waals surface area contributed by atoms with Gasteiger partial charge in [-0.25, -0.2) is 0 Å². The van der Waals surface area contributed by atoms with Gasteiger partial charge in [0.05, 0.1) is 5.56 Å². The number of halogens is 3. The van der Waals surface area contributed by atoms with E-state index >= 15 is 0 Å². The highest BCUT2D eigenvalue weighted by molar-refractivity contribution is 5.74. The lowest BCUT2D eigenvalue weighted by atomic mass is 9.85. The molecule has 3 nitrogen and oxygen atoms in total. The second kappa shape index (κ2) is 15.2. The smallest absolute Gasteiger partial charge is 0.368 e. The number of hydrogen-bond donors (Lipinski definition) is 1. The molecule has 3 rings (SSSR count). The largest absolute Gasteiger partial charge is 0.416 e. The third-order valence-corrected chi connectivity index (χ3v) is 7.97. The molecule has 45 heavy (non-hydrogen) atoms. The van der Waals surface area contributed by atoms with Crippen LogP contribution in [0.5, 0.6) is 0 Å². The topological polar surface area (TPSA) is 18.5 Å². The minimum absolute atomic E-state index is 0.0101. The van der Waals surface area contributed by atoms with Crippen molar-refractivity contribution in [3.8, 4) is 0 Å². The lowest BCUT2D eigenvalue weighted by molar-refractivity contribution is -0.137. The monoisotopic (exact) mass is 615 g/mol. The summed E-state index contributed by atoms with van der Waals surface area (Å²) in [5, 5.41) is 3.26. The number of alkyl halides is 3. The van der Waals surface area contributed by atoms with Crippen molar-refractivity contribution in [2.24, 2.45) is 5.41 Å². The number of anilines is 2. The van der Waals surface area contributed by atoms with Crippen molar-refractivity contribution in [1.82, 2.24) is 4.90 Å². The summed E-state index contributed by atoms with van der Waals surface area (Å²) in [6.45, 7) is 29.8. The van der Waals surface area contributed by atoms with Crippen molar-refractivity contribution in [2.75, 3.05) is 36.4 Å². The number of nitrogens with zero attached hydrogens (tertiary/aromatic N) is 2. The summed E-state index contributed by atoms with van der Waals surface area (Å²) in [6.07, 6.45) is 5.25. The fraction of sp³-hybridized carbons (Fsp3) is 0.333. The van der Waals surface area contributed by atoms with Crippen molar-refractivity contribution in [3.63, 3.8) is 0 Å². The van der Waals surface area contributed by atoms with E-state index in [2.05, 4.69) is 88.5 Å². The van der Waals surface area contributed by atoms with E-state index in [0.29, 0.717) is 38.3 Å². The third kappa shape index (κ3) is 10.2. The SMILES string of the molecule is C=C/C=C(\C=C/CC(=C)C/C(=C(\C)C(=C)N1CCN(c2cccc(C(F)(F)F)c2)CC1)c1ccc(NC(=C)C)cc1)C(C)(C)C. The predicted octanol–water partition coefficient (Wildman–Crippen LogP) is 10.8. The van der Waals surface area contributed by atoms with Crippen LogP contribution < -0.4 is 10.2 Å². The number of rotatable bonds is 12. The van der Waals surface area contributed by atoms with Gasteiger partial charge in [-0.15, -0.1) is 0 Å². The molecule has 1 fully saturated rings. The maximum Gasteiger partial charge on any atom is 0.416 e. The van der Waals surface area contributed by atoms with Gasteiger partial charge < -0.3 is 15.1 Å². The number of benzene rings is 2. The van der Waals surface area contributed by atoms with Crippen LogP contribution >= 0.6 is 0 Å². The Morgan fingerprint density at radius 3 is 2.13 bits per heavy atom. The zero-order valence-electron chi connectivity index (χ0n) is 27.5. The molecule has 1 aliphatic rings. The van der Waals surface area contributed by atoms with E-state index in [4.69, 9.17) is 0 Å². The number of piperazine rings is 1. The average molecular weight is 616 g/mol. The summed E-state index contributed by atoms with van der Waals surface area (Å²) in [4.78, 5) is 4.24. The molecule has 240 valence electrons. The Morgan fingerprint density at radius 1 is 0.933 bits per heavy atom. The van der Waals surface area contributed by atoms with Gasteiger partial charge in [0.2, 0.25) is 0 Å². The summed E-state index contributed by atoms with van der Waals surface area (Å²) < 4.78 is 39.9. The molecule has 0 atom stereocenters. The molecule has 0 aliphatic carbocycles. The molecule has 1 heterocycles. The highest BCUT2D eigenvalue weighted by Gasteiger charge is 2.31. The lowest BCUT2D eigenvalue weighted by Gasteiger charge is -2.39. The second-order valence-electron chi connectivity index (χ2n) is 12.7. The minimum Gasteiger partial charge on any atom is -0.368 e. The van der Waals surface area contributed by atoms with E-state index < -0.39 is 11.7 Å². The van der Waals surface area contributed by atoms with Gasteiger partial charge in [-0.05, 0) is 84.7 Å². The van der Waals surface area contributed by atoms with Gasteiger partial charge in [-0.3, -0.25) is 0 Å². The van der Waals surface area contributed by atoms with Crippen LogP contribution in [0.2, 0.25) is 0 Å². The first kappa shape index (κ1) is 35.3. The normalized spacial score (nSPS) is 15.2. The van der Waals surface area contributed by atoms with Crippen LogP contribution in [0, 0.1) is 5.41 Å². The molecular weight excluding hydrogens is 567 g/mol. The molecular formula is C39H48F3N3. The van der Waals surface area contributed by atoms with Gasteiger partial charge >= 0.3 is 6.18 Å². The van der Waals surface area contributed by atoms with E-state index in [1.807, 2.05) is 36.1 Å². The Morgan fingerprint density at radius 2 is 1.58 bits per heavy atom. The van der Waals surface area contributed by atoms with Crippen molar-refractivity contribution < 1.29 is 13.2 Å². The number of allylic oxidation sites excluding steroid dienone is 9. The molecule has 1 aliphatic heterocycles. The Bertz CT molecular complexity index is 1470. The highest BCUT2D eigenvalue weighted by Crippen LogP contribution is 2.34. The fourth-order valence-electron chi connectivity index (χ4n) is 5.33. The molecule has 1 saturated heterocycles. The van der Waals surface area contributed by atoms with E-state index in [1.165, 1.54) is 17.7 Å². The van der Waals surface area contributed by atoms with Crippen LogP contribution in [0.25, 0.3) is 5.57 Å². The summed E-state index contributed by atoms with van der Waals surface area (Å²) in [5.41, 5.74) is 8.35. The van der Waals surface area contributed by atoms with Gasteiger partial charge in [-0.1, -0.05) is 95.2 Å². The summed E-state index contributed by atoms with van der Waals surface area (Å²) >= 11 is 0. The summed E-state index contributed by atoms with van der Waals surface area (Å²) in [5.74, 6) is 0. The van der Waals surface area contributed by atoms with Crippen LogP contribution in [-0.4, -0.2) is 31.1 Å². The van der Waals surface area contributed by atoms with Crippen LogP contribution in [-0.2, 0) is 6.18 Å². The lowest BCUT2D eigenvalue weighted by Crippen LogP contribution is -2.46. The first-order chi connectivity index (χ1) is 21.1. The van der Waals surface area contributed by atoms with Gasteiger partial charge in [0, 0.05) is 48.9 Å². The van der Waals surface area contributed by atoms with Crippen LogP contribution in [0.4, 0.5) is 24.5 Å². The summed E-state index contributed by atoms with van der Waals surface area (Å²) in [7, 11) is 0. The Kier molecular flexibility index (Phi) is 11.9. The zero-order chi connectivity index (χ0) is 33.4. The quantitative estimate of drug-likeness (QED) is 0.189. The molecule has 0 amide bonds. The van der Waals surface area contributed by atoms with Gasteiger partial charge in [-0.2, -0.15) is 13.2 Å². The van der Waals surface area contributed by atoms with Crippen molar-refractivity contribution >= 4 is 16.9 Å². The highest BCUT2D eigenvalue weighted by atomic mass is 19.4. The fourth-order valence-corrected chi connectivity index (χ4v) is 5.33. The number of hydrogen-bond acceptors (Lipinski definition) is 3. The molecule has 0 aromatic heterocycles. The predicted molar refractivity (Wildman–Crippen MR) is 187 cm³/mol. The third-order valence-electron chi connectivity index (χ3n) is 7.97. The molecule has 0 bridgehead atoms. The van der Waals surface area contributed by atoms with E-state index in [0.717, 1.165) is 51.9 Å². The molecule has 2 aromatic rings.